The number of hydrogen-bond donors (Lipinski definition) is 0. The average Bonchev–Trinajstić information content (AvgIpc) is 2.53. The van der Waals surface area contributed by atoms with Gasteiger partial charge in [0.2, 0.25) is 0 Å². The Morgan fingerprint density at radius 2 is 1.96 bits per heavy atom. The molecule has 0 spiro atoms. The predicted octanol–water partition coefficient (Wildman–Crippen LogP) is 4.34. The lowest BCUT2D eigenvalue weighted by Gasteiger charge is -2.44. The summed E-state index contributed by atoms with van der Waals surface area (Å²) < 4.78 is 11.3. The summed E-state index contributed by atoms with van der Waals surface area (Å²) in [5, 5.41) is 0. The number of benzene rings is 1. The molecule has 2 heterocycles. The van der Waals surface area contributed by atoms with Crippen molar-refractivity contribution in [2.45, 2.75) is 64.1 Å². The summed E-state index contributed by atoms with van der Waals surface area (Å²) in [4.78, 5) is 14.4. The van der Waals surface area contributed by atoms with Crippen LogP contribution in [0.4, 0.5) is 4.79 Å². The SMILES string of the molecule is CC(C)(C)OC(=O)N1C2C=C(CCCc3ccccc3)CC1COC2. The lowest BCUT2D eigenvalue weighted by molar-refractivity contribution is -0.0537. The number of nitrogens with zero attached hydrogens (tertiary/aromatic N) is 1. The molecule has 0 aliphatic carbocycles. The van der Waals surface area contributed by atoms with Crippen LogP contribution in [0.15, 0.2) is 42.0 Å². The van der Waals surface area contributed by atoms with Gasteiger partial charge in [0.1, 0.15) is 5.60 Å². The Kier molecular flexibility index (Phi) is 5.48. The Balaban J connectivity index is 1.60. The van der Waals surface area contributed by atoms with Gasteiger partial charge in [-0.2, -0.15) is 0 Å². The fourth-order valence-corrected chi connectivity index (χ4v) is 3.63. The summed E-state index contributed by atoms with van der Waals surface area (Å²) in [6.45, 7) is 6.90. The number of carbonyl (C=O) groups excluding carboxylic acids is 1. The van der Waals surface area contributed by atoms with E-state index in [9.17, 15) is 4.79 Å². The van der Waals surface area contributed by atoms with Crippen LogP contribution in [-0.2, 0) is 15.9 Å². The fraction of sp³-hybridized carbons (Fsp3) is 0.571. The molecule has 4 heteroatoms. The molecule has 1 saturated heterocycles. The van der Waals surface area contributed by atoms with E-state index in [4.69, 9.17) is 9.47 Å². The highest BCUT2D eigenvalue weighted by atomic mass is 16.6. The standard InChI is InChI=1S/C21H29NO3/c1-21(2,3)25-20(23)22-18-12-17(13-19(22)15-24-14-18)11-7-10-16-8-5-4-6-9-16/h4-6,8-9,12,18-19H,7,10-11,13-15H2,1-3H3. The zero-order chi connectivity index (χ0) is 17.9. The number of ether oxygens (including phenoxy) is 2. The van der Waals surface area contributed by atoms with Crippen molar-refractivity contribution < 1.29 is 14.3 Å². The van der Waals surface area contributed by atoms with Crippen molar-refractivity contribution in [3.05, 3.63) is 47.5 Å². The molecule has 136 valence electrons. The van der Waals surface area contributed by atoms with E-state index < -0.39 is 5.60 Å². The van der Waals surface area contributed by atoms with Crippen molar-refractivity contribution in [1.29, 1.82) is 0 Å². The van der Waals surface area contributed by atoms with Crippen molar-refractivity contribution in [1.82, 2.24) is 4.90 Å². The number of rotatable bonds is 4. The second-order valence-corrected chi connectivity index (χ2v) is 8.01. The van der Waals surface area contributed by atoms with Crippen molar-refractivity contribution in [3.63, 3.8) is 0 Å². The second kappa shape index (κ2) is 7.61. The van der Waals surface area contributed by atoms with Crippen molar-refractivity contribution in [3.8, 4) is 0 Å². The Morgan fingerprint density at radius 3 is 2.64 bits per heavy atom. The number of hydrogen-bond acceptors (Lipinski definition) is 3. The summed E-state index contributed by atoms with van der Waals surface area (Å²) >= 11 is 0. The minimum absolute atomic E-state index is 0.00840. The smallest absolute Gasteiger partial charge is 0.411 e. The molecule has 4 nitrogen and oxygen atoms in total. The lowest BCUT2D eigenvalue weighted by Crippen LogP contribution is -2.57. The third kappa shape index (κ3) is 4.85. The molecule has 2 unspecified atom stereocenters. The molecule has 2 atom stereocenters. The third-order valence-electron chi connectivity index (χ3n) is 4.69. The Bertz CT molecular complexity index is 618. The number of amides is 1. The first-order valence-corrected chi connectivity index (χ1v) is 9.25. The highest BCUT2D eigenvalue weighted by molar-refractivity contribution is 5.70. The van der Waals surface area contributed by atoms with Gasteiger partial charge in [0.05, 0.1) is 25.3 Å². The molecule has 1 fully saturated rings. The van der Waals surface area contributed by atoms with Gasteiger partial charge >= 0.3 is 6.09 Å². The van der Waals surface area contributed by atoms with Crippen LogP contribution in [0.2, 0.25) is 0 Å². The molecule has 0 aromatic heterocycles. The van der Waals surface area contributed by atoms with Gasteiger partial charge in [0.15, 0.2) is 0 Å². The Labute approximate surface area is 150 Å². The number of morpholine rings is 1. The Morgan fingerprint density at radius 1 is 1.20 bits per heavy atom. The molecular formula is C21H29NO3. The van der Waals surface area contributed by atoms with Crippen LogP contribution in [0.5, 0.6) is 0 Å². The first kappa shape index (κ1) is 18.0. The van der Waals surface area contributed by atoms with E-state index in [1.54, 1.807) is 0 Å². The average molecular weight is 343 g/mol. The van der Waals surface area contributed by atoms with E-state index in [-0.39, 0.29) is 18.2 Å². The zero-order valence-electron chi connectivity index (χ0n) is 15.5. The normalized spacial score (nSPS) is 23.2. The Hall–Kier alpha value is -1.81. The molecule has 2 bridgehead atoms. The second-order valence-electron chi connectivity index (χ2n) is 8.01. The van der Waals surface area contributed by atoms with Crippen LogP contribution in [0.1, 0.15) is 45.6 Å². The number of carbonyl (C=O) groups is 1. The lowest BCUT2D eigenvalue weighted by atomic mass is 9.91. The van der Waals surface area contributed by atoms with Crippen LogP contribution >= 0.6 is 0 Å². The van der Waals surface area contributed by atoms with E-state index >= 15 is 0 Å². The molecule has 0 N–H and O–H groups in total. The summed E-state index contributed by atoms with van der Waals surface area (Å²) in [6.07, 6.45) is 6.23. The molecule has 1 aromatic carbocycles. The van der Waals surface area contributed by atoms with Gasteiger partial charge in [-0.1, -0.05) is 42.0 Å². The van der Waals surface area contributed by atoms with Gasteiger partial charge < -0.3 is 9.47 Å². The molecule has 3 rings (SSSR count). The molecule has 1 aromatic rings. The minimum atomic E-state index is -0.466. The monoisotopic (exact) mass is 343 g/mol. The minimum Gasteiger partial charge on any atom is -0.444 e. The van der Waals surface area contributed by atoms with Crippen molar-refractivity contribution >= 4 is 6.09 Å². The summed E-state index contributed by atoms with van der Waals surface area (Å²) in [6, 6.07) is 10.7. The van der Waals surface area contributed by atoms with Crippen LogP contribution in [0, 0.1) is 0 Å². The molecular weight excluding hydrogens is 314 g/mol. The third-order valence-corrected chi connectivity index (χ3v) is 4.69. The van der Waals surface area contributed by atoms with Gasteiger partial charge in [-0.05, 0) is 52.0 Å². The topological polar surface area (TPSA) is 38.8 Å². The van der Waals surface area contributed by atoms with Crippen LogP contribution in [0.3, 0.4) is 0 Å². The van der Waals surface area contributed by atoms with E-state index in [1.807, 2.05) is 25.7 Å². The van der Waals surface area contributed by atoms with Gasteiger partial charge in [-0.15, -0.1) is 0 Å². The zero-order valence-corrected chi connectivity index (χ0v) is 15.5. The maximum Gasteiger partial charge on any atom is 0.411 e. The van der Waals surface area contributed by atoms with Gasteiger partial charge in [0.25, 0.3) is 0 Å². The van der Waals surface area contributed by atoms with Gasteiger partial charge in [-0.3, -0.25) is 4.90 Å². The predicted molar refractivity (Wildman–Crippen MR) is 98.5 cm³/mol. The summed E-state index contributed by atoms with van der Waals surface area (Å²) in [5.41, 5.74) is 2.37. The molecule has 1 amide bonds. The molecule has 0 radical (unpaired) electrons. The molecule has 25 heavy (non-hydrogen) atoms. The molecule has 0 saturated carbocycles. The van der Waals surface area contributed by atoms with E-state index in [0.717, 1.165) is 25.7 Å². The first-order chi connectivity index (χ1) is 11.9. The van der Waals surface area contributed by atoms with Crippen LogP contribution in [-0.4, -0.2) is 41.9 Å². The molecule has 2 aliphatic rings. The number of fused-ring (bicyclic) bond motifs is 2. The van der Waals surface area contributed by atoms with Crippen LogP contribution < -0.4 is 0 Å². The quantitative estimate of drug-likeness (QED) is 0.763. The summed E-state index contributed by atoms with van der Waals surface area (Å²) in [7, 11) is 0. The van der Waals surface area contributed by atoms with Crippen LogP contribution in [0.25, 0.3) is 0 Å². The summed E-state index contributed by atoms with van der Waals surface area (Å²) in [5.74, 6) is 0. The van der Waals surface area contributed by atoms with E-state index in [0.29, 0.717) is 13.2 Å². The van der Waals surface area contributed by atoms with E-state index in [2.05, 4.69) is 36.4 Å². The maximum absolute atomic E-state index is 12.6. The van der Waals surface area contributed by atoms with Crippen molar-refractivity contribution in [2.24, 2.45) is 0 Å². The van der Waals surface area contributed by atoms with Gasteiger partial charge in [-0.25, -0.2) is 4.79 Å². The van der Waals surface area contributed by atoms with E-state index in [1.165, 1.54) is 11.1 Å². The van der Waals surface area contributed by atoms with Crippen molar-refractivity contribution in [2.75, 3.05) is 13.2 Å². The highest BCUT2D eigenvalue weighted by Gasteiger charge is 2.39. The first-order valence-electron chi connectivity index (χ1n) is 9.25. The van der Waals surface area contributed by atoms with Gasteiger partial charge in [0, 0.05) is 0 Å². The molecule has 2 aliphatic heterocycles. The highest BCUT2D eigenvalue weighted by Crippen LogP contribution is 2.31. The largest absolute Gasteiger partial charge is 0.444 e. The number of aryl methyl sites for hydroxylation is 1. The fourth-order valence-electron chi connectivity index (χ4n) is 3.63. The maximum atomic E-state index is 12.6.